The fraction of sp³-hybridized carbons (Fsp3) is 0.300. The van der Waals surface area contributed by atoms with Gasteiger partial charge in [0.1, 0.15) is 0 Å². The predicted octanol–water partition coefficient (Wildman–Crippen LogP) is 3.18. The average Bonchev–Trinajstić information content (AvgIpc) is 3.10. The summed E-state index contributed by atoms with van der Waals surface area (Å²) in [5.41, 5.74) is 0.660. The maximum Gasteiger partial charge on any atom is 0.279 e. The average molecular weight is 464 g/mol. The summed E-state index contributed by atoms with van der Waals surface area (Å²) in [5.74, 6) is -0.673. The number of non-ortho nitro benzene ring substituents is 1. The molecule has 9 nitrogen and oxygen atoms in total. The highest BCUT2D eigenvalue weighted by Crippen LogP contribution is 2.23. The summed E-state index contributed by atoms with van der Waals surface area (Å²) < 4.78 is 32.1. The van der Waals surface area contributed by atoms with Crippen molar-refractivity contribution in [1.82, 2.24) is 4.57 Å². The monoisotopic (exact) mass is 463 g/mol. The van der Waals surface area contributed by atoms with E-state index in [0.717, 1.165) is 4.70 Å². The van der Waals surface area contributed by atoms with Gasteiger partial charge in [0.2, 0.25) is 0 Å². The molecule has 0 atom stereocenters. The number of carbonyl (C=O) groups is 1. The summed E-state index contributed by atoms with van der Waals surface area (Å²) in [6.45, 7) is 4.59. The zero-order valence-corrected chi connectivity index (χ0v) is 18.6. The van der Waals surface area contributed by atoms with Crippen molar-refractivity contribution in [3.05, 3.63) is 62.9 Å². The van der Waals surface area contributed by atoms with Crippen LogP contribution in [0, 0.1) is 10.1 Å². The zero-order chi connectivity index (χ0) is 22.6. The highest BCUT2D eigenvalue weighted by Gasteiger charge is 2.16. The number of amides is 1. The summed E-state index contributed by atoms with van der Waals surface area (Å²) >= 11 is 1.22. The molecule has 0 saturated carbocycles. The molecule has 1 heterocycles. The molecule has 1 amide bonds. The van der Waals surface area contributed by atoms with E-state index in [1.54, 1.807) is 10.6 Å². The van der Waals surface area contributed by atoms with E-state index in [2.05, 4.69) is 4.99 Å². The normalized spacial score (nSPS) is 12.4. The standard InChI is InChI=1S/C20H21N3O6S2/c1-3-29-11-10-22-17-13-15(23(25)26)8-9-18(17)30-20(22)21-19(24)14-6-5-7-16(12-14)31(27,28)4-2/h5-9,12-13H,3-4,10-11H2,1-2H3. The van der Waals surface area contributed by atoms with E-state index in [-0.39, 0.29) is 21.9 Å². The lowest BCUT2D eigenvalue weighted by atomic mass is 10.2. The van der Waals surface area contributed by atoms with E-state index in [9.17, 15) is 23.3 Å². The quantitative estimate of drug-likeness (QED) is 0.287. The van der Waals surface area contributed by atoms with Crippen molar-refractivity contribution >= 4 is 43.0 Å². The maximum absolute atomic E-state index is 12.8. The first kappa shape index (κ1) is 22.8. The minimum Gasteiger partial charge on any atom is -0.380 e. The molecule has 0 N–H and O–H groups in total. The number of rotatable bonds is 8. The minimum absolute atomic E-state index is 0.0623. The van der Waals surface area contributed by atoms with Crippen LogP contribution in [0.2, 0.25) is 0 Å². The largest absolute Gasteiger partial charge is 0.380 e. The Balaban J connectivity index is 2.10. The second-order valence-electron chi connectivity index (χ2n) is 6.49. The fourth-order valence-electron chi connectivity index (χ4n) is 2.91. The van der Waals surface area contributed by atoms with E-state index in [0.29, 0.717) is 30.1 Å². The van der Waals surface area contributed by atoms with Gasteiger partial charge in [-0.15, -0.1) is 0 Å². The van der Waals surface area contributed by atoms with Gasteiger partial charge in [0, 0.05) is 30.8 Å². The molecule has 31 heavy (non-hydrogen) atoms. The second-order valence-corrected chi connectivity index (χ2v) is 9.78. The number of carbonyl (C=O) groups excluding carboxylic acids is 1. The number of nitrogens with zero attached hydrogens (tertiary/aromatic N) is 3. The second kappa shape index (κ2) is 9.50. The van der Waals surface area contributed by atoms with Gasteiger partial charge in [0.25, 0.3) is 11.6 Å². The number of nitro benzene ring substituents is 1. The van der Waals surface area contributed by atoms with Gasteiger partial charge in [-0.3, -0.25) is 14.9 Å². The number of sulfone groups is 1. The highest BCUT2D eigenvalue weighted by molar-refractivity contribution is 7.91. The first-order valence-electron chi connectivity index (χ1n) is 9.54. The Morgan fingerprint density at radius 2 is 2.00 bits per heavy atom. The molecule has 0 unspecified atom stereocenters. The van der Waals surface area contributed by atoms with Crippen LogP contribution in [-0.4, -0.2) is 42.8 Å². The van der Waals surface area contributed by atoms with E-state index in [1.807, 2.05) is 6.92 Å². The van der Waals surface area contributed by atoms with Crippen LogP contribution < -0.4 is 4.80 Å². The van der Waals surface area contributed by atoms with Gasteiger partial charge >= 0.3 is 0 Å². The molecule has 0 saturated heterocycles. The molecule has 2 aromatic carbocycles. The third kappa shape index (κ3) is 5.06. The van der Waals surface area contributed by atoms with Crippen LogP contribution in [0.3, 0.4) is 0 Å². The number of hydrogen-bond acceptors (Lipinski definition) is 7. The summed E-state index contributed by atoms with van der Waals surface area (Å²) in [6, 6.07) is 10.2. The van der Waals surface area contributed by atoms with Crippen LogP contribution in [0.4, 0.5) is 5.69 Å². The van der Waals surface area contributed by atoms with Gasteiger partial charge in [-0.2, -0.15) is 4.99 Å². The van der Waals surface area contributed by atoms with Gasteiger partial charge in [0.05, 0.1) is 32.4 Å². The zero-order valence-electron chi connectivity index (χ0n) is 17.0. The third-order valence-electron chi connectivity index (χ3n) is 4.56. The van der Waals surface area contributed by atoms with Crippen molar-refractivity contribution in [1.29, 1.82) is 0 Å². The molecule has 3 rings (SSSR count). The molecular weight excluding hydrogens is 442 g/mol. The molecule has 0 aliphatic rings. The molecule has 0 fully saturated rings. The molecule has 164 valence electrons. The maximum atomic E-state index is 12.8. The Labute approximate surface area is 182 Å². The van der Waals surface area contributed by atoms with Crippen molar-refractivity contribution in [2.24, 2.45) is 4.99 Å². The van der Waals surface area contributed by atoms with Crippen molar-refractivity contribution in [3.8, 4) is 0 Å². The number of fused-ring (bicyclic) bond motifs is 1. The van der Waals surface area contributed by atoms with Crippen molar-refractivity contribution in [2.45, 2.75) is 25.3 Å². The Kier molecular flexibility index (Phi) is 6.98. The lowest BCUT2D eigenvalue weighted by Crippen LogP contribution is -2.20. The SMILES string of the molecule is CCOCCn1c(=NC(=O)c2cccc(S(=O)(=O)CC)c2)sc2ccc([N+](=O)[O-])cc21. The summed E-state index contributed by atoms with van der Waals surface area (Å²) in [7, 11) is -3.46. The molecule has 0 bridgehead atoms. The number of hydrogen-bond donors (Lipinski definition) is 0. The van der Waals surface area contributed by atoms with Crippen LogP contribution in [-0.2, 0) is 21.1 Å². The van der Waals surface area contributed by atoms with Crippen molar-refractivity contribution in [2.75, 3.05) is 19.0 Å². The van der Waals surface area contributed by atoms with Gasteiger partial charge < -0.3 is 9.30 Å². The lowest BCUT2D eigenvalue weighted by molar-refractivity contribution is -0.384. The van der Waals surface area contributed by atoms with E-state index >= 15 is 0 Å². The summed E-state index contributed by atoms with van der Waals surface area (Å²) in [5, 5.41) is 11.2. The molecule has 1 aromatic heterocycles. The Morgan fingerprint density at radius 3 is 2.68 bits per heavy atom. The van der Waals surface area contributed by atoms with Crippen LogP contribution >= 0.6 is 11.3 Å². The van der Waals surface area contributed by atoms with Gasteiger partial charge in [-0.25, -0.2) is 8.42 Å². The topological polar surface area (TPSA) is 121 Å². The van der Waals surface area contributed by atoms with E-state index in [4.69, 9.17) is 4.74 Å². The first-order valence-corrected chi connectivity index (χ1v) is 12.0. The van der Waals surface area contributed by atoms with Crippen LogP contribution in [0.25, 0.3) is 10.2 Å². The Hall–Kier alpha value is -2.89. The summed E-state index contributed by atoms with van der Waals surface area (Å²) in [4.78, 5) is 28.1. The van der Waals surface area contributed by atoms with Gasteiger partial charge in [-0.1, -0.05) is 24.3 Å². The number of nitro groups is 1. The lowest BCUT2D eigenvalue weighted by Gasteiger charge is -2.06. The van der Waals surface area contributed by atoms with Crippen LogP contribution in [0.15, 0.2) is 52.4 Å². The van der Waals surface area contributed by atoms with E-state index < -0.39 is 20.7 Å². The Morgan fingerprint density at radius 1 is 1.23 bits per heavy atom. The number of ether oxygens (including phenoxy) is 1. The Bertz CT molecular complexity index is 1310. The molecule has 0 spiro atoms. The highest BCUT2D eigenvalue weighted by atomic mass is 32.2. The fourth-order valence-corrected chi connectivity index (χ4v) is 4.87. The van der Waals surface area contributed by atoms with Gasteiger partial charge in [0.15, 0.2) is 14.6 Å². The smallest absolute Gasteiger partial charge is 0.279 e. The van der Waals surface area contributed by atoms with E-state index in [1.165, 1.54) is 54.7 Å². The van der Waals surface area contributed by atoms with Crippen molar-refractivity contribution in [3.63, 3.8) is 0 Å². The first-order chi connectivity index (χ1) is 14.8. The van der Waals surface area contributed by atoms with Crippen molar-refractivity contribution < 1.29 is 22.9 Å². The molecule has 11 heteroatoms. The van der Waals surface area contributed by atoms with Crippen LogP contribution in [0.1, 0.15) is 24.2 Å². The minimum atomic E-state index is -3.46. The van der Waals surface area contributed by atoms with Gasteiger partial charge in [-0.05, 0) is 31.2 Å². The predicted molar refractivity (Wildman–Crippen MR) is 117 cm³/mol. The number of benzene rings is 2. The number of thiazole rings is 1. The third-order valence-corrected chi connectivity index (χ3v) is 7.35. The molecule has 0 radical (unpaired) electrons. The van der Waals surface area contributed by atoms with Crippen LogP contribution in [0.5, 0.6) is 0 Å². The molecule has 0 aliphatic carbocycles. The molecule has 0 aliphatic heterocycles. The summed E-state index contributed by atoms with van der Waals surface area (Å²) in [6.07, 6.45) is 0. The molecular formula is C20H21N3O6S2. The molecule has 3 aromatic rings. The number of aromatic nitrogens is 1.